The molecule has 11 aromatic carbocycles. The van der Waals surface area contributed by atoms with Crippen LogP contribution < -0.4 is 4.90 Å². The van der Waals surface area contributed by atoms with Gasteiger partial charge >= 0.3 is 0 Å². The van der Waals surface area contributed by atoms with E-state index < -0.39 is 5.41 Å². The molecule has 1 aliphatic rings. The molecule has 1 atom stereocenters. The molecule has 11 aromatic rings. The summed E-state index contributed by atoms with van der Waals surface area (Å²) in [5, 5.41) is 5.02. The molecule has 0 fully saturated rings. The number of anilines is 3. The number of para-hydroxylation sites is 1. The van der Waals surface area contributed by atoms with Gasteiger partial charge in [0.1, 0.15) is 0 Å². The fourth-order valence-corrected chi connectivity index (χ4v) is 10.8. The van der Waals surface area contributed by atoms with Gasteiger partial charge in [0.15, 0.2) is 0 Å². The first kappa shape index (κ1) is 38.4. The number of rotatable bonds is 8. The molecule has 0 saturated heterocycles. The summed E-state index contributed by atoms with van der Waals surface area (Å²) >= 11 is 0. The highest BCUT2D eigenvalue weighted by molar-refractivity contribution is 6.22. The van der Waals surface area contributed by atoms with Crippen LogP contribution in [0.1, 0.15) is 23.6 Å². The maximum Gasteiger partial charge on any atom is 0.0540 e. The Bertz CT molecular complexity index is 3520. The van der Waals surface area contributed by atoms with Crippen molar-refractivity contribution in [3.8, 4) is 55.6 Å². The smallest absolute Gasteiger partial charge is 0.0540 e. The molecular weight excluding hydrogens is 783 g/mol. The third-order valence-corrected chi connectivity index (χ3v) is 13.7. The Labute approximate surface area is 381 Å². The van der Waals surface area contributed by atoms with Gasteiger partial charge in [0.2, 0.25) is 0 Å². The molecule has 0 aliphatic heterocycles. The monoisotopic (exact) mass is 827 g/mol. The fraction of sp³-hybridized carbons (Fsp3) is 0.0312. The zero-order chi connectivity index (χ0) is 43.3. The molecule has 0 spiro atoms. The molecule has 1 aliphatic carbocycles. The van der Waals surface area contributed by atoms with Crippen LogP contribution in [0.25, 0.3) is 77.2 Å². The van der Waals surface area contributed by atoms with Gasteiger partial charge in [-0.3, -0.25) is 0 Å². The van der Waals surface area contributed by atoms with Crippen LogP contribution in [-0.2, 0) is 5.41 Å². The first-order chi connectivity index (χ1) is 32.2. The molecule has 0 bridgehead atoms. The van der Waals surface area contributed by atoms with Gasteiger partial charge in [-0.15, -0.1) is 0 Å². The molecule has 1 heteroatoms. The second-order valence-corrected chi connectivity index (χ2v) is 17.3. The highest BCUT2D eigenvalue weighted by Gasteiger charge is 2.43. The van der Waals surface area contributed by atoms with Crippen molar-refractivity contribution < 1.29 is 0 Å². The van der Waals surface area contributed by atoms with Crippen molar-refractivity contribution in [1.82, 2.24) is 0 Å². The van der Waals surface area contributed by atoms with E-state index in [1.165, 1.54) is 99.6 Å². The van der Waals surface area contributed by atoms with Gasteiger partial charge in [-0.05, 0) is 126 Å². The van der Waals surface area contributed by atoms with E-state index in [1.54, 1.807) is 0 Å². The molecule has 0 amide bonds. The highest BCUT2D eigenvalue weighted by Crippen LogP contribution is 2.57. The van der Waals surface area contributed by atoms with Crippen LogP contribution in [0.3, 0.4) is 0 Å². The molecule has 306 valence electrons. The van der Waals surface area contributed by atoms with Crippen molar-refractivity contribution in [3.05, 3.63) is 271 Å². The molecular formula is C64H45N. The summed E-state index contributed by atoms with van der Waals surface area (Å²) in [4.78, 5) is 2.50. The Morgan fingerprint density at radius 3 is 1.49 bits per heavy atom. The van der Waals surface area contributed by atoms with Gasteiger partial charge in [0.05, 0.1) is 11.4 Å². The van der Waals surface area contributed by atoms with E-state index in [-0.39, 0.29) is 0 Å². The van der Waals surface area contributed by atoms with E-state index in [4.69, 9.17) is 0 Å². The standard InChI is InChI=1S/C64H45N/c1-64(49-27-12-5-13-28-49)58-34-18-16-31-54(58)56-33-20-36-60(63(56)64)65(59-35-19-17-29-51(59)45-21-6-2-7-22-45)50-40-37-44(38-41-50)48-39-42-53-52-30-14-15-32-55(52)61(46-23-8-3-9-24-46)62(57(53)43-48)47-25-10-4-11-26-47/h2-43H,1H3. The minimum Gasteiger partial charge on any atom is -0.310 e. The van der Waals surface area contributed by atoms with E-state index in [9.17, 15) is 0 Å². The number of fused-ring (bicyclic) bond motifs is 6. The summed E-state index contributed by atoms with van der Waals surface area (Å²) in [6, 6.07) is 93.5. The van der Waals surface area contributed by atoms with Gasteiger partial charge in [-0.2, -0.15) is 0 Å². The maximum absolute atomic E-state index is 2.50. The predicted molar refractivity (Wildman–Crippen MR) is 275 cm³/mol. The minimum atomic E-state index is -0.395. The average Bonchev–Trinajstić information content (AvgIpc) is 3.66. The lowest BCUT2D eigenvalue weighted by Gasteiger charge is -2.35. The lowest BCUT2D eigenvalue weighted by atomic mass is 9.73. The van der Waals surface area contributed by atoms with Crippen LogP contribution in [0.4, 0.5) is 17.1 Å². The summed E-state index contributed by atoms with van der Waals surface area (Å²) in [6.45, 7) is 2.41. The van der Waals surface area contributed by atoms with Crippen molar-refractivity contribution in [2.24, 2.45) is 0 Å². The van der Waals surface area contributed by atoms with Crippen molar-refractivity contribution >= 4 is 38.6 Å². The van der Waals surface area contributed by atoms with Crippen LogP contribution in [0.15, 0.2) is 255 Å². The Balaban J connectivity index is 1.07. The second-order valence-electron chi connectivity index (χ2n) is 17.3. The van der Waals surface area contributed by atoms with Crippen LogP contribution in [0, 0.1) is 0 Å². The zero-order valence-electron chi connectivity index (χ0n) is 36.2. The van der Waals surface area contributed by atoms with Crippen molar-refractivity contribution in [3.63, 3.8) is 0 Å². The lowest BCUT2D eigenvalue weighted by Crippen LogP contribution is -2.25. The number of hydrogen-bond donors (Lipinski definition) is 0. The van der Waals surface area contributed by atoms with Crippen LogP contribution in [0.2, 0.25) is 0 Å². The highest BCUT2D eigenvalue weighted by atomic mass is 15.1. The number of hydrogen-bond acceptors (Lipinski definition) is 1. The fourth-order valence-electron chi connectivity index (χ4n) is 10.8. The molecule has 0 aromatic heterocycles. The van der Waals surface area contributed by atoms with Gasteiger partial charge in [-0.1, -0.05) is 224 Å². The average molecular weight is 828 g/mol. The summed E-state index contributed by atoms with van der Waals surface area (Å²) < 4.78 is 0. The molecule has 0 saturated carbocycles. The third-order valence-electron chi connectivity index (χ3n) is 13.7. The van der Waals surface area contributed by atoms with E-state index in [0.717, 1.165) is 11.4 Å². The van der Waals surface area contributed by atoms with E-state index in [1.807, 2.05) is 0 Å². The number of benzene rings is 11. The number of nitrogens with zero attached hydrogens (tertiary/aromatic N) is 1. The van der Waals surface area contributed by atoms with E-state index >= 15 is 0 Å². The predicted octanol–water partition coefficient (Wildman–Crippen LogP) is 17.5. The summed E-state index contributed by atoms with van der Waals surface area (Å²) in [6.07, 6.45) is 0. The van der Waals surface area contributed by atoms with Gasteiger partial charge in [0, 0.05) is 16.7 Å². The molecule has 0 heterocycles. The van der Waals surface area contributed by atoms with E-state index in [0.29, 0.717) is 0 Å². The summed E-state index contributed by atoms with van der Waals surface area (Å²) in [7, 11) is 0. The van der Waals surface area contributed by atoms with E-state index in [2.05, 4.69) is 267 Å². The third kappa shape index (κ3) is 6.31. The summed E-state index contributed by atoms with van der Waals surface area (Å²) in [5.41, 5.74) is 19.1. The van der Waals surface area contributed by atoms with Gasteiger partial charge < -0.3 is 4.90 Å². The first-order valence-corrected chi connectivity index (χ1v) is 22.6. The first-order valence-electron chi connectivity index (χ1n) is 22.6. The Morgan fingerprint density at radius 2 is 0.800 bits per heavy atom. The molecule has 65 heavy (non-hydrogen) atoms. The normalized spacial score (nSPS) is 14.0. The van der Waals surface area contributed by atoms with Crippen molar-refractivity contribution in [2.75, 3.05) is 4.90 Å². The lowest BCUT2D eigenvalue weighted by molar-refractivity contribution is 0.714. The van der Waals surface area contributed by atoms with Crippen LogP contribution in [-0.4, -0.2) is 0 Å². The maximum atomic E-state index is 2.50. The van der Waals surface area contributed by atoms with Crippen LogP contribution >= 0.6 is 0 Å². The summed E-state index contributed by atoms with van der Waals surface area (Å²) in [5.74, 6) is 0. The Kier molecular flexibility index (Phi) is 9.35. The van der Waals surface area contributed by atoms with Gasteiger partial charge in [-0.25, -0.2) is 0 Å². The molecule has 1 unspecified atom stereocenters. The molecule has 0 radical (unpaired) electrons. The van der Waals surface area contributed by atoms with Crippen LogP contribution in [0.5, 0.6) is 0 Å². The zero-order valence-corrected chi connectivity index (χ0v) is 36.2. The molecule has 12 rings (SSSR count). The second kappa shape index (κ2) is 15.8. The van der Waals surface area contributed by atoms with Crippen molar-refractivity contribution in [2.45, 2.75) is 12.3 Å². The minimum absolute atomic E-state index is 0.395. The topological polar surface area (TPSA) is 3.24 Å². The largest absolute Gasteiger partial charge is 0.310 e. The van der Waals surface area contributed by atoms with Crippen molar-refractivity contribution in [1.29, 1.82) is 0 Å². The quantitative estimate of drug-likeness (QED) is 0.138. The molecule has 1 nitrogen and oxygen atoms in total. The Morgan fingerprint density at radius 1 is 0.308 bits per heavy atom. The Hall–Kier alpha value is -8.26. The SMILES string of the molecule is CC1(c2ccccc2)c2ccccc2-c2cccc(N(c3ccc(-c4ccc5c(c4)c(-c4ccccc4)c(-c4ccccc4)c4ccccc45)cc3)c3ccccc3-c3ccccc3)c21. The van der Waals surface area contributed by atoms with Gasteiger partial charge in [0.25, 0.3) is 0 Å². The molecule has 0 N–H and O–H groups in total.